The normalized spacial score (nSPS) is 10.7. The van der Waals surface area contributed by atoms with Gasteiger partial charge in [-0.1, -0.05) is 40.2 Å². The van der Waals surface area contributed by atoms with E-state index in [2.05, 4.69) is 36.8 Å². The molecule has 0 saturated heterocycles. The van der Waals surface area contributed by atoms with Crippen LogP contribution in [0.5, 0.6) is 5.75 Å². The molecule has 4 rings (SSSR count). The molecule has 5 N–H and O–H groups in total. The van der Waals surface area contributed by atoms with Gasteiger partial charge in [0.1, 0.15) is 5.75 Å². The minimum atomic E-state index is -0.365. The second kappa shape index (κ2) is 7.84. The maximum absolute atomic E-state index is 12.4. The molecule has 0 unspecified atom stereocenters. The zero-order valence-corrected chi connectivity index (χ0v) is 17.1. The predicted molar refractivity (Wildman–Crippen MR) is 119 cm³/mol. The molecule has 0 bridgehead atoms. The Kier molecular flexibility index (Phi) is 5.09. The van der Waals surface area contributed by atoms with Gasteiger partial charge in [-0.3, -0.25) is 5.10 Å². The van der Waals surface area contributed by atoms with E-state index in [-0.39, 0.29) is 6.03 Å². The van der Waals surface area contributed by atoms with Crippen LogP contribution in [0.4, 0.5) is 22.0 Å². The molecule has 0 saturated carbocycles. The number of nitrogens with two attached hydrogens (primary N) is 1. The minimum absolute atomic E-state index is 0.365. The zero-order valence-electron chi connectivity index (χ0n) is 15.5. The molecule has 0 aliphatic heterocycles. The first kappa shape index (κ1) is 18.8. The van der Waals surface area contributed by atoms with Crippen molar-refractivity contribution in [2.45, 2.75) is 0 Å². The Hall–Kier alpha value is -3.52. The number of nitrogen functional groups attached to an aromatic ring is 1. The predicted octanol–water partition coefficient (Wildman–Crippen LogP) is 5.23. The van der Waals surface area contributed by atoms with Gasteiger partial charge in [0.2, 0.25) is 0 Å². The Morgan fingerprint density at radius 3 is 2.66 bits per heavy atom. The van der Waals surface area contributed by atoms with Crippen molar-refractivity contribution in [3.05, 3.63) is 65.1 Å². The van der Waals surface area contributed by atoms with Crippen molar-refractivity contribution >= 4 is 50.1 Å². The van der Waals surface area contributed by atoms with Crippen LogP contribution in [-0.2, 0) is 0 Å². The molecule has 1 aromatic heterocycles. The average molecular weight is 452 g/mol. The summed E-state index contributed by atoms with van der Waals surface area (Å²) >= 11 is 3.39. The van der Waals surface area contributed by atoms with Gasteiger partial charge in [0.25, 0.3) is 0 Å². The Morgan fingerprint density at radius 2 is 1.90 bits per heavy atom. The average Bonchev–Trinajstić information content (AvgIpc) is 3.10. The molecule has 0 aliphatic carbocycles. The third kappa shape index (κ3) is 3.88. The SMILES string of the molecule is COc1ccc(Br)cc1NC(=O)Nc1ccc(-c2cccc3[nH]nc(N)c23)cc1. The molecule has 146 valence electrons. The third-order valence-corrected chi connectivity index (χ3v) is 4.97. The van der Waals surface area contributed by atoms with Gasteiger partial charge in [0.15, 0.2) is 5.82 Å². The summed E-state index contributed by atoms with van der Waals surface area (Å²) in [4.78, 5) is 12.4. The van der Waals surface area contributed by atoms with E-state index >= 15 is 0 Å². The number of nitrogens with zero attached hydrogens (tertiary/aromatic N) is 1. The van der Waals surface area contributed by atoms with Crippen molar-refractivity contribution < 1.29 is 9.53 Å². The lowest BCUT2D eigenvalue weighted by Crippen LogP contribution is -2.19. The fraction of sp³-hybridized carbons (Fsp3) is 0.0476. The van der Waals surface area contributed by atoms with Crippen LogP contribution in [0.1, 0.15) is 0 Å². The van der Waals surface area contributed by atoms with Crippen molar-refractivity contribution in [1.29, 1.82) is 0 Å². The van der Waals surface area contributed by atoms with Crippen molar-refractivity contribution in [3.8, 4) is 16.9 Å². The van der Waals surface area contributed by atoms with Crippen LogP contribution < -0.4 is 21.1 Å². The minimum Gasteiger partial charge on any atom is -0.495 e. The van der Waals surface area contributed by atoms with Gasteiger partial charge in [-0.05, 0) is 47.5 Å². The number of fused-ring (bicyclic) bond motifs is 1. The number of nitrogens with one attached hydrogen (secondary N) is 3. The zero-order chi connectivity index (χ0) is 20.4. The summed E-state index contributed by atoms with van der Waals surface area (Å²) in [5.74, 6) is 1.03. The van der Waals surface area contributed by atoms with Gasteiger partial charge in [-0.25, -0.2) is 4.79 Å². The number of anilines is 3. The Morgan fingerprint density at radius 1 is 1.10 bits per heavy atom. The quantitative estimate of drug-likeness (QED) is 0.340. The lowest BCUT2D eigenvalue weighted by molar-refractivity contribution is 0.262. The second-order valence-electron chi connectivity index (χ2n) is 6.34. The van der Waals surface area contributed by atoms with Crippen LogP contribution in [0, 0.1) is 0 Å². The summed E-state index contributed by atoms with van der Waals surface area (Å²) in [6.45, 7) is 0. The van der Waals surface area contributed by atoms with Gasteiger partial charge < -0.3 is 21.1 Å². The van der Waals surface area contributed by atoms with Crippen LogP contribution in [0.2, 0.25) is 0 Å². The topological polar surface area (TPSA) is 105 Å². The van der Waals surface area contributed by atoms with Crippen molar-refractivity contribution in [3.63, 3.8) is 0 Å². The highest BCUT2D eigenvalue weighted by Crippen LogP contribution is 2.32. The Bertz CT molecular complexity index is 1190. The summed E-state index contributed by atoms with van der Waals surface area (Å²) in [6.07, 6.45) is 0. The van der Waals surface area contributed by atoms with E-state index in [4.69, 9.17) is 10.5 Å². The molecule has 0 fully saturated rings. The Labute approximate surface area is 175 Å². The van der Waals surface area contributed by atoms with Crippen LogP contribution in [-0.4, -0.2) is 23.3 Å². The number of rotatable bonds is 4. The van der Waals surface area contributed by atoms with E-state index in [1.165, 1.54) is 0 Å². The van der Waals surface area contributed by atoms with E-state index in [1.807, 2.05) is 48.5 Å². The number of benzene rings is 3. The first-order valence-electron chi connectivity index (χ1n) is 8.79. The summed E-state index contributed by atoms with van der Waals surface area (Å²) < 4.78 is 6.11. The summed E-state index contributed by atoms with van der Waals surface area (Å²) in [7, 11) is 1.55. The number of ether oxygens (including phenoxy) is 1. The number of methoxy groups -OCH3 is 1. The number of aromatic nitrogens is 2. The second-order valence-corrected chi connectivity index (χ2v) is 7.25. The number of carbonyl (C=O) groups is 1. The summed E-state index contributed by atoms with van der Waals surface area (Å²) in [6, 6.07) is 18.4. The molecule has 8 heteroatoms. The van der Waals surface area contributed by atoms with Crippen LogP contribution in [0.15, 0.2) is 65.1 Å². The van der Waals surface area contributed by atoms with Crippen molar-refractivity contribution in [2.24, 2.45) is 0 Å². The maximum Gasteiger partial charge on any atom is 0.323 e. The molecule has 0 spiro atoms. The number of hydrogen-bond acceptors (Lipinski definition) is 4. The molecular weight excluding hydrogens is 434 g/mol. The summed E-state index contributed by atoms with van der Waals surface area (Å²) in [5.41, 5.74) is 10.1. The highest BCUT2D eigenvalue weighted by atomic mass is 79.9. The molecule has 7 nitrogen and oxygen atoms in total. The number of carbonyl (C=O) groups excluding carboxylic acids is 1. The van der Waals surface area contributed by atoms with Crippen LogP contribution in [0.25, 0.3) is 22.0 Å². The molecule has 4 aromatic rings. The first-order chi connectivity index (χ1) is 14.0. The standard InChI is InChI=1S/C21H18BrN5O2/c1-29-18-10-7-13(22)11-17(18)25-21(28)24-14-8-5-12(6-9-14)15-3-2-4-16-19(15)20(23)27-26-16/h2-11H,1H3,(H3,23,26,27)(H2,24,25,28). The number of aromatic amines is 1. The molecule has 0 radical (unpaired) electrons. The van der Waals surface area contributed by atoms with Gasteiger partial charge in [0, 0.05) is 10.2 Å². The van der Waals surface area contributed by atoms with Gasteiger partial charge in [-0.2, -0.15) is 5.10 Å². The van der Waals surface area contributed by atoms with Crippen molar-refractivity contribution in [1.82, 2.24) is 10.2 Å². The highest BCUT2D eigenvalue weighted by molar-refractivity contribution is 9.10. The lowest BCUT2D eigenvalue weighted by atomic mass is 10.0. The molecule has 0 aliphatic rings. The van der Waals surface area contributed by atoms with Crippen LogP contribution >= 0.6 is 15.9 Å². The van der Waals surface area contributed by atoms with E-state index in [0.29, 0.717) is 22.9 Å². The molecular formula is C21H18BrN5O2. The van der Waals surface area contributed by atoms with Crippen molar-refractivity contribution in [2.75, 3.05) is 23.5 Å². The van der Waals surface area contributed by atoms with E-state index in [0.717, 1.165) is 26.5 Å². The third-order valence-electron chi connectivity index (χ3n) is 4.48. The molecule has 2 amide bonds. The lowest BCUT2D eigenvalue weighted by Gasteiger charge is -2.12. The molecule has 3 aromatic carbocycles. The molecule has 1 heterocycles. The number of halogens is 1. The van der Waals surface area contributed by atoms with Crippen LogP contribution in [0.3, 0.4) is 0 Å². The van der Waals surface area contributed by atoms with Gasteiger partial charge in [-0.15, -0.1) is 0 Å². The number of urea groups is 1. The first-order valence-corrected chi connectivity index (χ1v) is 9.59. The fourth-order valence-electron chi connectivity index (χ4n) is 3.13. The monoisotopic (exact) mass is 451 g/mol. The molecule has 29 heavy (non-hydrogen) atoms. The maximum atomic E-state index is 12.4. The fourth-order valence-corrected chi connectivity index (χ4v) is 3.50. The largest absolute Gasteiger partial charge is 0.495 e. The highest BCUT2D eigenvalue weighted by Gasteiger charge is 2.11. The number of amides is 2. The van der Waals surface area contributed by atoms with E-state index in [9.17, 15) is 4.79 Å². The number of H-pyrrole nitrogens is 1. The number of hydrogen-bond donors (Lipinski definition) is 4. The van der Waals surface area contributed by atoms with Gasteiger partial charge in [0.05, 0.1) is 23.7 Å². The van der Waals surface area contributed by atoms with E-state index < -0.39 is 0 Å². The Balaban J connectivity index is 1.52. The molecule has 0 atom stereocenters. The summed E-state index contributed by atoms with van der Waals surface area (Å²) in [5, 5.41) is 13.5. The smallest absolute Gasteiger partial charge is 0.323 e. The van der Waals surface area contributed by atoms with E-state index in [1.54, 1.807) is 19.2 Å². The van der Waals surface area contributed by atoms with Gasteiger partial charge >= 0.3 is 6.03 Å².